The zero-order chi connectivity index (χ0) is 12.3. The molecule has 3 atom stereocenters. The highest BCUT2D eigenvalue weighted by Crippen LogP contribution is 2.39. The van der Waals surface area contributed by atoms with E-state index in [-0.39, 0.29) is 6.10 Å². The van der Waals surface area contributed by atoms with E-state index in [1.54, 1.807) is 6.20 Å². The Labute approximate surface area is 103 Å². The lowest BCUT2D eigenvalue weighted by Crippen LogP contribution is -2.14. The molecule has 0 radical (unpaired) electrons. The Morgan fingerprint density at radius 3 is 2.88 bits per heavy atom. The van der Waals surface area contributed by atoms with Gasteiger partial charge in [0.05, 0.1) is 18.9 Å². The van der Waals surface area contributed by atoms with Gasteiger partial charge in [-0.05, 0) is 42.7 Å². The van der Waals surface area contributed by atoms with Crippen LogP contribution in [0.4, 0.5) is 0 Å². The Balaban J connectivity index is 2.10. The maximum Gasteiger partial charge on any atom is 0.137 e. The largest absolute Gasteiger partial charge is 0.492 e. The quantitative estimate of drug-likeness (QED) is 0.872. The molecule has 3 nitrogen and oxygen atoms in total. The zero-order valence-corrected chi connectivity index (χ0v) is 10.6. The van der Waals surface area contributed by atoms with E-state index in [9.17, 15) is 5.11 Å². The number of pyridine rings is 1. The van der Waals surface area contributed by atoms with Crippen LogP contribution in [0.3, 0.4) is 0 Å². The molecular formula is C14H21NO2. The molecule has 3 heteroatoms. The third-order valence-corrected chi connectivity index (χ3v) is 3.65. The predicted octanol–water partition coefficient (Wildman–Crippen LogP) is 2.74. The van der Waals surface area contributed by atoms with Crippen LogP contribution >= 0.6 is 0 Å². The Morgan fingerprint density at radius 2 is 2.24 bits per heavy atom. The number of aromatic nitrogens is 1. The van der Waals surface area contributed by atoms with E-state index >= 15 is 0 Å². The van der Waals surface area contributed by atoms with Gasteiger partial charge in [0.2, 0.25) is 0 Å². The van der Waals surface area contributed by atoms with E-state index in [4.69, 9.17) is 4.74 Å². The third kappa shape index (κ3) is 2.78. The van der Waals surface area contributed by atoms with Crippen LogP contribution in [0.5, 0.6) is 5.75 Å². The van der Waals surface area contributed by atoms with Crippen molar-refractivity contribution < 1.29 is 9.84 Å². The smallest absolute Gasteiger partial charge is 0.137 e. The lowest BCUT2D eigenvalue weighted by atomic mass is 9.90. The average molecular weight is 235 g/mol. The minimum atomic E-state index is -0.166. The fourth-order valence-electron chi connectivity index (χ4n) is 2.55. The molecular weight excluding hydrogens is 214 g/mol. The fourth-order valence-corrected chi connectivity index (χ4v) is 2.55. The summed E-state index contributed by atoms with van der Waals surface area (Å²) in [6.07, 6.45) is 6.43. The molecule has 1 saturated carbocycles. The number of rotatable bonds is 4. The van der Waals surface area contributed by atoms with Gasteiger partial charge in [-0.25, -0.2) is 0 Å². The van der Waals surface area contributed by atoms with Gasteiger partial charge in [-0.1, -0.05) is 13.8 Å². The molecule has 1 aliphatic rings. The predicted molar refractivity (Wildman–Crippen MR) is 67.2 cm³/mol. The van der Waals surface area contributed by atoms with Gasteiger partial charge in [0.25, 0.3) is 0 Å². The van der Waals surface area contributed by atoms with Crippen molar-refractivity contribution >= 4 is 0 Å². The molecule has 0 saturated heterocycles. The van der Waals surface area contributed by atoms with Crippen LogP contribution in [0.25, 0.3) is 0 Å². The molecule has 2 rings (SSSR count). The Kier molecular flexibility index (Phi) is 4.00. The fraction of sp³-hybridized carbons (Fsp3) is 0.643. The summed E-state index contributed by atoms with van der Waals surface area (Å²) in [6.45, 7) is 4.93. The molecule has 1 heterocycles. The molecule has 3 unspecified atom stereocenters. The van der Waals surface area contributed by atoms with Crippen molar-refractivity contribution in [2.24, 2.45) is 5.92 Å². The second-order valence-corrected chi connectivity index (χ2v) is 4.91. The highest BCUT2D eigenvalue weighted by molar-refractivity contribution is 5.27. The summed E-state index contributed by atoms with van der Waals surface area (Å²) in [6, 6.07) is 2.07. The van der Waals surface area contributed by atoms with E-state index in [0.29, 0.717) is 11.8 Å². The summed E-state index contributed by atoms with van der Waals surface area (Å²) < 4.78 is 5.59. The number of ether oxygens (including phenoxy) is 1. The van der Waals surface area contributed by atoms with Gasteiger partial charge < -0.3 is 9.84 Å². The third-order valence-electron chi connectivity index (χ3n) is 3.65. The molecule has 1 aromatic heterocycles. The number of aliphatic hydroxyl groups excluding tert-OH is 1. The van der Waals surface area contributed by atoms with Crippen molar-refractivity contribution in [1.29, 1.82) is 0 Å². The SMILES string of the molecule is CCCOc1cncc(C2CCC(O)C2C)c1. The van der Waals surface area contributed by atoms with Crippen molar-refractivity contribution in [2.45, 2.75) is 45.1 Å². The molecule has 0 aliphatic heterocycles. The number of hydrogen-bond donors (Lipinski definition) is 1. The maximum atomic E-state index is 9.79. The molecule has 0 aromatic carbocycles. The van der Waals surface area contributed by atoms with Crippen LogP contribution in [0.15, 0.2) is 18.5 Å². The van der Waals surface area contributed by atoms with Crippen LogP contribution in [-0.4, -0.2) is 22.8 Å². The van der Waals surface area contributed by atoms with E-state index in [0.717, 1.165) is 31.6 Å². The Morgan fingerprint density at radius 1 is 1.41 bits per heavy atom. The number of aliphatic hydroxyl groups is 1. The van der Waals surface area contributed by atoms with E-state index in [2.05, 4.69) is 24.9 Å². The van der Waals surface area contributed by atoms with Crippen LogP contribution in [0.2, 0.25) is 0 Å². The van der Waals surface area contributed by atoms with Gasteiger partial charge in [0.1, 0.15) is 5.75 Å². The molecule has 17 heavy (non-hydrogen) atoms. The molecule has 94 valence electrons. The Bertz CT molecular complexity index is 367. The average Bonchev–Trinajstić information content (AvgIpc) is 2.68. The summed E-state index contributed by atoms with van der Waals surface area (Å²) in [4.78, 5) is 4.23. The van der Waals surface area contributed by atoms with Crippen LogP contribution in [0.1, 0.15) is 44.6 Å². The van der Waals surface area contributed by atoms with E-state index in [1.165, 1.54) is 5.56 Å². The molecule has 1 aliphatic carbocycles. The van der Waals surface area contributed by atoms with Crippen molar-refractivity contribution in [2.75, 3.05) is 6.61 Å². The molecule has 0 spiro atoms. The maximum absolute atomic E-state index is 9.79. The van der Waals surface area contributed by atoms with Crippen LogP contribution in [-0.2, 0) is 0 Å². The van der Waals surface area contributed by atoms with Crippen LogP contribution in [0, 0.1) is 5.92 Å². The minimum Gasteiger partial charge on any atom is -0.492 e. The lowest BCUT2D eigenvalue weighted by Gasteiger charge is -2.18. The molecule has 1 N–H and O–H groups in total. The van der Waals surface area contributed by atoms with Gasteiger partial charge in [-0.15, -0.1) is 0 Å². The van der Waals surface area contributed by atoms with Gasteiger partial charge in [-0.2, -0.15) is 0 Å². The first-order valence-electron chi connectivity index (χ1n) is 6.48. The monoisotopic (exact) mass is 235 g/mol. The van der Waals surface area contributed by atoms with Crippen LogP contribution < -0.4 is 4.74 Å². The molecule has 1 fully saturated rings. The minimum absolute atomic E-state index is 0.166. The van der Waals surface area contributed by atoms with Gasteiger partial charge in [0, 0.05) is 6.20 Å². The van der Waals surface area contributed by atoms with Crippen molar-refractivity contribution in [3.63, 3.8) is 0 Å². The van der Waals surface area contributed by atoms with Crippen molar-refractivity contribution in [3.05, 3.63) is 24.0 Å². The van der Waals surface area contributed by atoms with Gasteiger partial charge in [0.15, 0.2) is 0 Å². The Hall–Kier alpha value is -1.09. The molecule has 0 amide bonds. The highest BCUT2D eigenvalue weighted by Gasteiger charge is 2.32. The van der Waals surface area contributed by atoms with Crippen molar-refractivity contribution in [1.82, 2.24) is 4.98 Å². The standard InChI is InChI=1S/C14H21NO2/c1-3-6-17-12-7-11(8-15-9-12)13-4-5-14(16)10(13)2/h7-10,13-14,16H,3-6H2,1-2H3. The first-order valence-corrected chi connectivity index (χ1v) is 6.48. The summed E-state index contributed by atoms with van der Waals surface area (Å²) in [5.41, 5.74) is 1.20. The normalized spacial score (nSPS) is 28.3. The first-order chi connectivity index (χ1) is 8.22. The van der Waals surface area contributed by atoms with E-state index in [1.807, 2.05) is 6.20 Å². The topological polar surface area (TPSA) is 42.4 Å². The number of hydrogen-bond acceptors (Lipinski definition) is 3. The molecule has 1 aromatic rings. The summed E-state index contributed by atoms with van der Waals surface area (Å²) in [5, 5.41) is 9.79. The van der Waals surface area contributed by atoms with E-state index < -0.39 is 0 Å². The summed E-state index contributed by atoms with van der Waals surface area (Å²) >= 11 is 0. The number of nitrogens with zero attached hydrogens (tertiary/aromatic N) is 1. The molecule has 0 bridgehead atoms. The van der Waals surface area contributed by atoms with Gasteiger partial charge in [-0.3, -0.25) is 4.98 Å². The second-order valence-electron chi connectivity index (χ2n) is 4.91. The van der Waals surface area contributed by atoms with Gasteiger partial charge >= 0.3 is 0 Å². The zero-order valence-electron chi connectivity index (χ0n) is 10.6. The van der Waals surface area contributed by atoms with Crippen molar-refractivity contribution in [3.8, 4) is 5.75 Å². The summed E-state index contributed by atoms with van der Waals surface area (Å²) in [7, 11) is 0. The first kappa shape index (κ1) is 12.4. The summed E-state index contributed by atoms with van der Waals surface area (Å²) in [5.74, 6) is 1.58. The lowest BCUT2D eigenvalue weighted by molar-refractivity contribution is 0.136. The second kappa shape index (κ2) is 5.50. The highest BCUT2D eigenvalue weighted by atomic mass is 16.5.